The summed E-state index contributed by atoms with van der Waals surface area (Å²) in [5.41, 5.74) is 2.95. The summed E-state index contributed by atoms with van der Waals surface area (Å²) in [7, 11) is 0. The molecule has 0 fully saturated rings. The zero-order chi connectivity index (χ0) is 9.97. The van der Waals surface area contributed by atoms with Crippen LogP contribution in [0, 0.1) is 11.8 Å². The second-order valence-electron chi connectivity index (χ2n) is 4.58. The summed E-state index contributed by atoms with van der Waals surface area (Å²) in [6, 6.07) is 10.8. The summed E-state index contributed by atoms with van der Waals surface area (Å²) in [5, 5.41) is 0. The zero-order valence-corrected chi connectivity index (χ0v) is 9.03. The first-order chi connectivity index (χ1) is 6.75. The third kappa shape index (κ3) is 2.06. The minimum absolute atomic E-state index is 0.744. The number of allylic oxidation sites excluding steroid dienone is 2. The topological polar surface area (TPSA) is 0 Å². The molecule has 0 radical (unpaired) electrons. The van der Waals surface area contributed by atoms with Crippen LogP contribution in [0.5, 0.6) is 0 Å². The number of rotatable bonds is 1. The highest BCUT2D eigenvalue weighted by Crippen LogP contribution is 2.33. The van der Waals surface area contributed by atoms with Crippen molar-refractivity contribution in [3.63, 3.8) is 0 Å². The Morgan fingerprint density at radius 1 is 1.07 bits per heavy atom. The van der Waals surface area contributed by atoms with E-state index in [0.29, 0.717) is 0 Å². The molecule has 0 spiro atoms. The Bertz CT molecular complexity index is 321. The lowest BCUT2D eigenvalue weighted by Gasteiger charge is -2.23. The molecular formula is C14H18. The van der Waals surface area contributed by atoms with Gasteiger partial charge in [0, 0.05) is 0 Å². The molecule has 14 heavy (non-hydrogen) atoms. The Kier molecular flexibility index (Phi) is 2.72. The van der Waals surface area contributed by atoms with Crippen molar-refractivity contribution in [2.45, 2.75) is 26.7 Å². The van der Waals surface area contributed by atoms with Crippen molar-refractivity contribution in [1.82, 2.24) is 0 Å². The lowest BCUT2D eigenvalue weighted by molar-refractivity contribution is 0.457. The third-order valence-corrected chi connectivity index (χ3v) is 2.97. The van der Waals surface area contributed by atoms with Crippen LogP contribution >= 0.6 is 0 Å². The van der Waals surface area contributed by atoms with E-state index in [-0.39, 0.29) is 0 Å². The van der Waals surface area contributed by atoms with Crippen LogP contribution in [-0.4, -0.2) is 0 Å². The number of benzene rings is 1. The molecule has 1 aliphatic rings. The van der Waals surface area contributed by atoms with Crippen LogP contribution in [0.4, 0.5) is 0 Å². The highest BCUT2D eigenvalue weighted by atomic mass is 14.2. The van der Waals surface area contributed by atoms with Gasteiger partial charge in [0.1, 0.15) is 0 Å². The fourth-order valence-electron chi connectivity index (χ4n) is 2.44. The van der Waals surface area contributed by atoms with Gasteiger partial charge in [-0.1, -0.05) is 50.3 Å². The quantitative estimate of drug-likeness (QED) is 0.618. The third-order valence-electron chi connectivity index (χ3n) is 2.97. The van der Waals surface area contributed by atoms with Gasteiger partial charge in [0.25, 0.3) is 0 Å². The monoisotopic (exact) mass is 186 g/mol. The molecule has 74 valence electrons. The highest BCUT2D eigenvalue weighted by molar-refractivity contribution is 5.66. The summed E-state index contributed by atoms with van der Waals surface area (Å²) in [4.78, 5) is 0. The molecule has 1 aliphatic carbocycles. The van der Waals surface area contributed by atoms with Crippen molar-refractivity contribution in [1.29, 1.82) is 0 Å². The summed E-state index contributed by atoms with van der Waals surface area (Å²) in [5.74, 6) is 1.58. The fraction of sp³-hybridized carbons (Fsp3) is 0.429. The van der Waals surface area contributed by atoms with E-state index in [1.807, 2.05) is 0 Å². The minimum Gasteiger partial charge on any atom is -0.0779 e. The maximum Gasteiger partial charge on any atom is -0.0228 e. The molecule has 2 rings (SSSR count). The fourth-order valence-corrected chi connectivity index (χ4v) is 2.44. The molecule has 0 saturated carbocycles. The van der Waals surface area contributed by atoms with Crippen LogP contribution in [0.3, 0.4) is 0 Å². The molecule has 0 N–H and O–H groups in total. The molecular weight excluding hydrogens is 168 g/mol. The first-order valence-corrected chi connectivity index (χ1v) is 5.52. The first-order valence-electron chi connectivity index (χ1n) is 5.52. The van der Waals surface area contributed by atoms with Crippen molar-refractivity contribution in [2.75, 3.05) is 0 Å². The standard InChI is InChI=1S/C14H18/c1-11-8-12(2)10-14(9-11)13-6-4-3-5-7-13/h3-7,9,11-12H,8,10H2,1-2H3/t11-,12+/m0/s1. The molecule has 0 bridgehead atoms. The van der Waals surface area contributed by atoms with E-state index in [1.54, 1.807) is 0 Å². The average Bonchev–Trinajstić information content (AvgIpc) is 2.18. The molecule has 1 aromatic rings. The Morgan fingerprint density at radius 2 is 1.79 bits per heavy atom. The zero-order valence-electron chi connectivity index (χ0n) is 9.03. The van der Waals surface area contributed by atoms with Gasteiger partial charge in [-0.05, 0) is 35.8 Å². The van der Waals surface area contributed by atoms with E-state index in [2.05, 4.69) is 50.3 Å². The van der Waals surface area contributed by atoms with Gasteiger partial charge in [0.05, 0.1) is 0 Å². The summed E-state index contributed by atoms with van der Waals surface area (Å²) >= 11 is 0. The maximum absolute atomic E-state index is 2.44. The second-order valence-corrected chi connectivity index (χ2v) is 4.58. The van der Waals surface area contributed by atoms with Crippen LogP contribution in [0.25, 0.3) is 5.57 Å². The SMILES string of the molecule is C[C@H]1CC(c2ccccc2)=C[C@@H](C)C1. The Balaban J connectivity index is 2.26. The smallest absolute Gasteiger partial charge is 0.0228 e. The maximum atomic E-state index is 2.44. The van der Waals surface area contributed by atoms with E-state index < -0.39 is 0 Å². The average molecular weight is 186 g/mol. The van der Waals surface area contributed by atoms with E-state index >= 15 is 0 Å². The first kappa shape index (κ1) is 9.51. The summed E-state index contributed by atoms with van der Waals surface area (Å²) in [6.07, 6.45) is 5.03. The van der Waals surface area contributed by atoms with Gasteiger partial charge >= 0.3 is 0 Å². The van der Waals surface area contributed by atoms with Crippen LogP contribution in [0.15, 0.2) is 36.4 Å². The van der Waals surface area contributed by atoms with Crippen molar-refractivity contribution >= 4 is 5.57 Å². The van der Waals surface area contributed by atoms with Gasteiger partial charge in [0.15, 0.2) is 0 Å². The van der Waals surface area contributed by atoms with Crippen molar-refractivity contribution in [3.05, 3.63) is 42.0 Å². The van der Waals surface area contributed by atoms with Crippen LogP contribution < -0.4 is 0 Å². The molecule has 0 amide bonds. The molecule has 2 atom stereocenters. The van der Waals surface area contributed by atoms with Gasteiger partial charge in [-0.15, -0.1) is 0 Å². The van der Waals surface area contributed by atoms with Crippen LogP contribution in [0.2, 0.25) is 0 Å². The molecule has 0 unspecified atom stereocenters. The van der Waals surface area contributed by atoms with Gasteiger partial charge in [0.2, 0.25) is 0 Å². The minimum atomic E-state index is 0.744. The Labute approximate surface area is 86.7 Å². The van der Waals surface area contributed by atoms with E-state index in [9.17, 15) is 0 Å². The second kappa shape index (κ2) is 4.00. The van der Waals surface area contributed by atoms with Crippen molar-refractivity contribution in [2.24, 2.45) is 11.8 Å². The highest BCUT2D eigenvalue weighted by Gasteiger charge is 2.16. The van der Waals surface area contributed by atoms with Gasteiger partial charge in [-0.2, -0.15) is 0 Å². The van der Waals surface area contributed by atoms with E-state index in [0.717, 1.165) is 11.8 Å². The number of hydrogen-bond donors (Lipinski definition) is 0. The molecule has 0 aliphatic heterocycles. The summed E-state index contributed by atoms with van der Waals surface area (Å²) in [6.45, 7) is 4.67. The molecule has 1 aromatic carbocycles. The summed E-state index contributed by atoms with van der Waals surface area (Å²) < 4.78 is 0. The van der Waals surface area contributed by atoms with E-state index in [1.165, 1.54) is 24.0 Å². The number of hydrogen-bond acceptors (Lipinski definition) is 0. The van der Waals surface area contributed by atoms with E-state index in [4.69, 9.17) is 0 Å². The molecule has 0 saturated heterocycles. The lowest BCUT2D eigenvalue weighted by Crippen LogP contribution is -2.08. The predicted molar refractivity (Wildman–Crippen MR) is 62.0 cm³/mol. The lowest BCUT2D eigenvalue weighted by atomic mass is 9.82. The largest absolute Gasteiger partial charge is 0.0779 e. The normalized spacial score (nSPS) is 27.1. The Hall–Kier alpha value is -1.04. The van der Waals surface area contributed by atoms with Gasteiger partial charge in [-0.25, -0.2) is 0 Å². The molecule has 0 aromatic heterocycles. The van der Waals surface area contributed by atoms with Gasteiger partial charge < -0.3 is 0 Å². The van der Waals surface area contributed by atoms with Gasteiger partial charge in [-0.3, -0.25) is 0 Å². The molecule has 0 heteroatoms. The molecule has 0 nitrogen and oxygen atoms in total. The van der Waals surface area contributed by atoms with Crippen LogP contribution in [-0.2, 0) is 0 Å². The van der Waals surface area contributed by atoms with Crippen molar-refractivity contribution in [3.8, 4) is 0 Å². The molecule has 0 heterocycles. The Morgan fingerprint density at radius 3 is 2.43 bits per heavy atom. The van der Waals surface area contributed by atoms with Crippen LogP contribution in [0.1, 0.15) is 32.3 Å². The predicted octanol–water partition coefficient (Wildman–Crippen LogP) is 4.14. The van der Waals surface area contributed by atoms with Crippen molar-refractivity contribution < 1.29 is 0 Å².